The molecule has 1 aliphatic rings. The van der Waals surface area contributed by atoms with Crippen LogP contribution in [-0.2, 0) is 9.06 Å². The Morgan fingerprint density at radius 2 is 1.92 bits per heavy atom. The van der Waals surface area contributed by atoms with E-state index in [4.69, 9.17) is 4.74 Å². The molecule has 0 unspecified atom stereocenters. The van der Waals surface area contributed by atoms with Crippen LogP contribution in [0.4, 0.5) is 0 Å². The van der Waals surface area contributed by atoms with Crippen molar-refractivity contribution >= 4 is 31.9 Å². The van der Waals surface area contributed by atoms with Crippen molar-refractivity contribution in [1.29, 1.82) is 0 Å². The molecule has 1 fully saturated rings. The third kappa shape index (κ3) is 1.34. The molecule has 1 aliphatic heterocycles. The third-order valence-electron chi connectivity index (χ3n) is 2.02. The quantitative estimate of drug-likeness (QED) is 0.723. The average Bonchev–Trinajstić information content (AvgIpc) is 2.01. The Labute approximate surface area is 88.4 Å². The van der Waals surface area contributed by atoms with Crippen molar-refractivity contribution in [2.75, 3.05) is 13.2 Å². The van der Waals surface area contributed by atoms with Gasteiger partial charge < -0.3 is 4.74 Å². The predicted octanol–water partition coefficient (Wildman–Crippen LogP) is 3.07. The number of benzene rings is 1. The lowest BCUT2D eigenvalue weighted by molar-refractivity contribution is -0.00728. The van der Waals surface area contributed by atoms with E-state index in [9.17, 15) is 0 Å². The fourth-order valence-corrected chi connectivity index (χ4v) is 2.86. The number of rotatable bonds is 1. The van der Waals surface area contributed by atoms with E-state index in [1.165, 1.54) is 5.56 Å². The highest BCUT2D eigenvalue weighted by Crippen LogP contribution is 2.41. The molecule has 0 N–H and O–H groups in total. The first kappa shape index (κ1) is 8.73. The van der Waals surface area contributed by atoms with Crippen LogP contribution in [0.15, 0.2) is 28.7 Å². The average molecular weight is 292 g/mol. The molecule has 1 aromatic carbocycles. The minimum absolute atomic E-state index is 0.0487. The molecule has 0 spiro atoms. The van der Waals surface area contributed by atoms with Crippen molar-refractivity contribution in [1.82, 2.24) is 0 Å². The highest BCUT2D eigenvalue weighted by atomic mass is 79.9. The molecule has 1 nitrogen and oxygen atoms in total. The van der Waals surface area contributed by atoms with Gasteiger partial charge >= 0.3 is 0 Å². The number of halogens is 2. The van der Waals surface area contributed by atoms with E-state index < -0.39 is 0 Å². The molecule has 64 valence electrons. The first-order chi connectivity index (χ1) is 5.72. The van der Waals surface area contributed by atoms with E-state index >= 15 is 0 Å². The normalized spacial score (nSPS) is 20.2. The summed E-state index contributed by atoms with van der Waals surface area (Å²) in [7, 11) is 0. The highest BCUT2D eigenvalue weighted by Gasteiger charge is 2.38. The summed E-state index contributed by atoms with van der Waals surface area (Å²) in [5.41, 5.74) is 1.27. The summed E-state index contributed by atoms with van der Waals surface area (Å²) in [5.74, 6) is 0. The molecule has 0 saturated carbocycles. The van der Waals surface area contributed by atoms with E-state index in [1.54, 1.807) is 0 Å². The predicted molar refractivity (Wildman–Crippen MR) is 55.6 cm³/mol. The highest BCUT2D eigenvalue weighted by molar-refractivity contribution is 9.11. The van der Waals surface area contributed by atoms with Crippen LogP contribution in [0.2, 0.25) is 0 Å². The van der Waals surface area contributed by atoms with Crippen LogP contribution in [0.5, 0.6) is 0 Å². The van der Waals surface area contributed by atoms with E-state index in [1.807, 2.05) is 12.1 Å². The van der Waals surface area contributed by atoms with Crippen molar-refractivity contribution in [3.05, 3.63) is 34.3 Å². The van der Waals surface area contributed by atoms with Crippen LogP contribution in [0.25, 0.3) is 0 Å². The lowest BCUT2D eigenvalue weighted by Crippen LogP contribution is -2.41. The maximum atomic E-state index is 5.18. The summed E-state index contributed by atoms with van der Waals surface area (Å²) in [6.45, 7) is 1.52. The Hall–Kier alpha value is 0.140. The van der Waals surface area contributed by atoms with Gasteiger partial charge in [-0.05, 0) is 11.6 Å². The van der Waals surface area contributed by atoms with Gasteiger partial charge in [0.2, 0.25) is 0 Å². The summed E-state index contributed by atoms with van der Waals surface area (Å²) in [6, 6.07) is 8.23. The van der Waals surface area contributed by atoms with Gasteiger partial charge in [0.15, 0.2) is 0 Å². The summed E-state index contributed by atoms with van der Waals surface area (Å²) in [4.78, 5) is 0. The van der Waals surface area contributed by atoms with Crippen LogP contribution in [0, 0.1) is 0 Å². The number of hydrogen-bond donors (Lipinski definition) is 0. The molecular formula is C9H8Br2O. The molecule has 2 rings (SSSR count). The zero-order chi connectivity index (χ0) is 8.60. The van der Waals surface area contributed by atoms with Gasteiger partial charge in [-0.15, -0.1) is 0 Å². The second-order valence-corrected chi connectivity index (χ2v) is 5.31. The molecule has 1 aromatic rings. The van der Waals surface area contributed by atoms with Crippen molar-refractivity contribution in [2.45, 2.75) is 4.32 Å². The molecule has 0 bridgehead atoms. The molecule has 0 amide bonds. The van der Waals surface area contributed by atoms with Crippen LogP contribution in [-0.4, -0.2) is 13.2 Å². The smallest absolute Gasteiger partial charge is 0.0982 e. The minimum atomic E-state index is 0.0487. The molecule has 0 radical (unpaired) electrons. The van der Waals surface area contributed by atoms with Gasteiger partial charge in [0.1, 0.15) is 0 Å². The summed E-state index contributed by atoms with van der Waals surface area (Å²) < 4.78 is 6.37. The molecule has 0 aliphatic carbocycles. The van der Waals surface area contributed by atoms with Gasteiger partial charge in [-0.3, -0.25) is 0 Å². The number of ether oxygens (including phenoxy) is 1. The molecular weight excluding hydrogens is 284 g/mol. The Bertz CT molecular complexity index is 294. The van der Waals surface area contributed by atoms with Crippen molar-refractivity contribution in [2.24, 2.45) is 0 Å². The van der Waals surface area contributed by atoms with Gasteiger partial charge in [-0.25, -0.2) is 0 Å². The van der Waals surface area contributed by atoms with Gasteiger partial charge in [-0.2, -0.15) is 0 Å². The Morgan fingerprint density at radius 3 is 2.42 bits per heavy atom. The van der Waals surface area contributed by atoms with Crippen molar-refractivity contribution in [3.63, 3.8) is 0 Å². The second-order valence-electron chi connectivity index (χ2n) is 2.94. The van der Waals surface area contributed by atoms with Crippen LogP contribution >= 0.6 is 31.9 Å². The van der Waals surface area contributed by atoms with Crippen LogP contribution < -0.4 is 0 Å². The third-order valence-corrected chi connectivity index (χ3v) is 3.59. The largest absolute Gasteiger partial charge is 0.378 e. The molecule has 12 heavy (non-hydrogen) atoms. The summed E-state index contributed by atoms with van der Waals surface area (Å²) >= 11 is 7.19. The van der Waals surface area contributed by atoms with E-state index in [-0.39, 0.29) is 4.32 Å². The monoisotopic (exact) mass is 290 g/mol. The van der Waals surface area contributed by atoms with Gasteiger partial charge in [-0.1, -0.05) is 50.1 Å². The summed E-state index contributed by atoms with van der Waals surface area (Å²) in [5, 5.41) is 0. The maximum absolute atomic E-state index is 5.18. The molecule has 1 heterocycles. The lowest BCUT2D eigenvalue weighted by atomic mass is 9.97. The van der Waals surface area contributed by atoms with Gasteiger partial charge in [0, 0.05) is 4.47 Å². The minimum Gasteiger partial charge on any atom is -0.378 e. The van der Waals surface area contributed by atoms with E-state index in [0.717, 1.165) is 17.7 Å². The van der Waals surface area contributed by atoms with Gasteiger partial charge in [0.25, 0.3) is 0 Å². The Balaban J connectivity index is 2.39. The standard InChI is InChI=1S/C9H8Br2O/c10-8-4-2-1-3-7(8)9(11)5-12-6-9/h1-4H,5-6H2. The molecule has 3 heteroatoms. The van der Waals surface area contributed by atoms with Crippen molar-refractivity contribution < 1.29 is 4.74 Å². The Kier molecular flexibility index (Phi) is 2.27. The lowest BCUT2D eigenvalue weighted by Gasteiger charge is -2.37. The topological polar surface area (TPSA) is 9.23 Å². The van der Waals surface area contributed by atoms with Crippen LogP contribution in [0.3, 0.4) is 0 Å². The summed E-state index contributed by atoms with van der Waals surface area (Å²) in [6.07, 6.45) is 0. The maximum Gasteiger partial charge on any atom is 0.0982 e. The fourth-order valence-electron chi connectivity index (χ4n) is 1.26. The fraction of sp³-hybridized carbons (Fsp3) is 0.333. The number of alkyl halides is 1. The first-order valence-electron chi connectivity index (χ1n) is 3.74. The molecule has 0 atom stereocenters. The second kappa shape index (κ2) is 3.13. The zero-order valence-corrected chi connectivity index (χ0v) is 9.56. The van der Waals surface area contributed by atoms with Crippen molar-refractivity contribution in [3.8, 4) is 0 Å². The SMILES string of the molecule is Brc1ccccc1C1(Br)COC1. The Morgan fingerprint density at radius 1 is 1.25 bits per heavy atom. The van der Waals surface area contributed by atoms with Gasteiger partial charge in [0.05, 0.1) is 17.5 Å². The molecule has 0 aromatic heterocycles. The zero-order valence-electron chi connectivity index (χ0n) is 6.39. The van der Waals surface area contributed by atoms with E-state index in [2.05, 4.69) is 44.0 Å². The first-order valence-corrected chi connectivity index (χ1v) is 5.33. The number of hydrogen-bond acceptors (Lipinski definition) is 1. The molecule has 1 saturated heterocycles. The van der Waals surface area contributed by atoms with Crippen LogP contribution in [0.1, 0.15) is 5.56 Å². The van der Waals surface area contributed by atoms with E-state index in [0.29, 0.717) is 0 Å².